The third kappa shape index (κ3) is 5.63. The van der Waals surface area contributed by atoms with E-state index in [2.05, 4.69) is 4.98 Å². The number of amides is 1. The predicted molar refractivity (Wildman–Crippen MR) is 133 cm³/mol. The molecule has 4 rings (SSSR count). The number of thiazole rings is 1. The highest BCUT2D eigenvalue weighted by Crippen LogP contribution is 2.34. The second-order valence-corrected chi connectivity index (χ2v) is 10.7. The number of aryl methyl sites for hydroxylation is 1. The zero-order valence-corrected chi connectivity index (χ0v) is 20.5. The lowest BCUT2D eigenvalue weighted by Crippen LogP contribution is -2.33. The van der Waals surface area contributed by atoms with E-state index in [1.165, 1.54) is 11.3 Å². The molecule has 2 aromatic carbocycles. The Bertz CT molecular complexity index is 1340. The molecule has 0 bridgehead atoms. The maximum absolute atomic E-state index is 13.3. The average molecular weight is 499 g/mol. The first kappa shape index (κ1) is 23.9. The summed E-state index contributed by atoms with van der Waals surface area (Å²) in [5.74, 6) is 0.130. The zero-order valence-electron chi connectivity index (χ0n) is 18.8. The van der Waals surface area contributed by atoms with Gasteiger partial charge in [-0.1, -0.05) is 35.6 Å². The minimum absolute atomic E-state index is 0.128. The molecule has 0 aliphatic heterocycles. The number of carbonyl (C=O) groups excluding carboxylic acids is 1. The van der Waals surface area contributed by atoms with Gasteiger partial charge < -0.3 is 9.30 Å². The molecule has 0 spiro atoms. The van der Waals surface area contributed by atoms with Crippen molar-refractivity contribution < 1.29 is 17.9 Å². The van der Waals surface area contributed by atoms with Crippen LogP contribution in [0.4, 0.5) is 5.13 Å². The van der Waals surface area contributed by atoms with Crippen molar-refractivity contribution in [3.05, 3.63) is 67.3 Å². The number of ether oxygens (including phenoxy) is 1. The Kier molecular flexibility index (Phi) is 7.59. The summed E-state index contributed by atoms with van der Waals surface area (Å²) < 4.78 is 34.0. The smallest absolute Gasteiger partial charge is 0.229 e. The van der Waals surface area contributed by atoms with Crippen LogP contribution in [0, 0.1) is 0 Å². The van der Waals surface area contributed by atoms with Crippen molar-refractivity contribution in [3.63, 3.8) is 0 Å². The lowest BCUT2D eigenvalue weighted by Gasteiger charge is -2.20. The average Bonchev–Trinajstić information content (AvgIpc) is 3.51. The summed E-state index contributed by atoms with van der Waals surface area (Å²) in [6.45, 7) is 3.51. The molecule has 0 radical (unpaired) electrons. The maximum Gasteiger partial charge on any atom is 0.229 e. The van der Waals surface area contributed by atoms with Crippen LogP contribution in [-0.2, 0) is 21.2 Å². The van der Waals surface area contributed by atoms with Crippen LogP contribution in [0.2, 0.25) is 0 Å². The van der Waals surface area contributed by atoms with Gasteiger partial charge in [-0.2, -0.15) is 0 Å². The van der Waals surface area contributed by atoms with Gasteiger partial charge >= 0.3 is 0 Å². The third-order valence-electron chi connectivity index (χ3n) is 5.25. The molecule has 0 fully saturated rings. The molecule has 0 unspecified atom stereocenters. The minimum Gasteiger partial charge on any atom is -0.492 e. The van der Waals surface area contributed by atoms with Crippen LogP contribution in [0.15, 0.2) is 72.1 Å². The highest BCUT2D eigenvalue weighted by atomic mass is 32.2. The second-order valence-electron chi connectivity index (χ2n) is 7.61. The quantitative estimate of drug-likeness (QED) is 0.308. The Balaban J connectivity index is 1.55. The van der Waals surface area contributed by atoms with E-state index in [1.54, 1.807) is 47.8 Å². The van der Waals surface area contributed by atoms with E-state index in [-0.39, 0.29) is 23.0 Å². The fourth-order valence-electron chi connectivity index (χ4n) is 3.56. The molecule has 4 aromatic rings. The van der Waals surface area contributed by atoms with Gasteiger partial charge in [0.15, 0.2) is 15.0 Å². The van der Waals surface area contributed by atoms with Crippen LogP contribution in [0.25, 0.3) is 10.2 Å². The molecule has 0 aliphatic carbocycles. The molecule has 2 heterocycles. The Morgan fingerprint density at radius 1 is 1.15 bits per heavy atom. The SMILES string of the molecule is CCOc1cccc2sc(N(CCCn3ccnc3)C(=O)CCS(=O)(=O)c3ccccc3)nc12. The van der Waals surface area contributed by atoms with Gasteiger partial charge in [-0.3, -0.25) is 9.69 Å². The lowest BCUT2D eigenvalue weighted by atomic mass is 10.3. The van der Waals surface area contributed by atoms with E-state index in [0.29, 0.717) is 42.5 Å². The van der Waals surface area contributed by atoms with Crippen molar-refractivity contribution in [2.24, 2.45) is 0 Å². The number of fused-ring (bicyclic) bond motifs is 1. The van der Waals surface area contributed by atoms with E-state index in [9.17, 15) is 13.2 Å². The van der Waals surface area contributed by atoms with Crippen LogP contribution in [0.3, 0.4) is 0 Å². The number of aromatic nitrogens is 3. The molecular weight excluding hydrogens is 472 g/mol. The van der Waals surface area contributed by atoms with Crippen molar-refractivity contribution >= 4 is 42.4 Å². The number of hydrogen-bond acceptors (Lipinski definition) is 7. The first-order valence-corrected chi connectivity index (χ1v) is 13.5. The lowest BCUT2D eigenvalue weighted by molar-refractivity contribution is -0.118. The number of rotatable bonds is 11. The zero-order chi connectivity index (χ0) is 24.0. The van der Waals surface area contributed by atoms with Crippen molar-refractivity contribution in [1.82, 2.24) is 14.5 Å². The molecule has 178 valence electrons. The van der Waals surface area contributed by atoms with Gasteiger partial charge in [0, 0.05) is 31.9 Å². The molecule has 0 atom stereocenters. The number of sulfone groups is 1. The Labute approximate surface area is 202 Å². The minimum atomic E-state index is -3.56. The molecule has 10 heteroatoms. The van der Waals surface area contributed by atoms with Crippen LogP contribution >= 0.6 is 11.3 Å². The van der Waals surface area contributed by atoms with Gasteiger partial charge in [0.25, 0.3) is 0 Å². The number of hydrogen-bond donors (Lipinski definition) is 0. The fourth-order valence-corrected chi connectivity index (χ4v) is 5.84. The highest BCUT2D eigenvalue weighted by molar-refractivity contribution is 7.91. The fraction of sp³-hybridized carbons (Fsp3) is 0.292. The summed E-state index contributed by atoms with van der Waals surface area (Å²) in [7, 11) is -3.56. The van der Waals surface area contributed by atoms with E-state index in [4.69, 9.17) is 9.72 Å². The van der Waals surface area contributed by atoms with E-state index < -0.39 is 9.84 Å². The van der Waals surface area contributed by atoms with Gasteiger partial charge in [0.1, 0.15) is 11.3 Å². The second kappa shape index (κ2) is 10.8. The third-order valence-corrected chi connectivity index (χ3v) is 8.02. The number of para-hydroxylation sites is 1. The summed E-state index contributed by atoms with van der Waals surface area (Å²) in [5.41, 5.74) is 0.702. The predicted octanol–water partition coefficient (Wildman–Crippen LogP) is 4.18. The van der Waals surface area contributed by atoms with E-state index >= 15 is 0 Å². The monoisotopic (exact) mass is 498 g/mol. The molecule has 0 saturated heterocycles. The number of nitrogens with zero attached hydrogens (tertiary/aromatic N) is 4. The topological polar surface area (TPSA) is 94.4 Å². The summed E-state index contributed by atoms with van der Waals surface area (Å²) >= 11 is 1.40. The molecule has 1 amide bonds. The number of carbonyl (C=O) groups is 1. The van der Waals surface area contributed by atoms with Crippen LogP contribution in [0.5, 0.6) is 5.75 Å². The van der Waals surface area contributed by atoms with Crippen molar-refractivity contribution in [1.29, 1.82) is 0 Å². The Morgan fingerprint density at radius 3 is 2.71 bits per heavy atom. The van der Waals surface area contributed by atoms with Gasteiger partial charge in [-0.05, 0) is 37.6 Å². The largest absolute Gasteiger partial charge is 0.492 e. The van der Waals surface area contributed by atoms with Crippen molar-refractivity contribution in [3.8, 4) is 5.75 Å². The number of benzene rings is 2. The first-order valence-electron chi connectivity index (χ1n) is 11.0. The molecular formula is C24H26N4O4S2. The molecule has 8 nitrogen and oxygen atoms in total. The summed E-state index contributed by atoms with van der Waals surface area (Å²) in [6, 6.07) is 13.9. The number of imidazole rings is 1. The standard InChI is InChI=1S/C24H26N4O4S2/c1-2-32-20-10-6-11-21-23(20)26-24(33-21)28(15-7-14-27-16-13-25-18-27)22(29)12-17-34(30,31)19-8-4-3-5-9-19/h3-6,8-11,13,16,18H,2,7,12,14-15,17H2,1H3. The van der Waals surface area contributed by atoms with Crippen LogP contribution in [0.1, 0.15) is 19.8 Å². The molecule has 34 heavy (non-hydrogen) atoms. The normalized spacial score (nSPS) is 11.6. The Morgan fingerprint density at radius 2 is 1.97 bits per heavy atom. The summed E-state index contributed by atoms with van der Waals surface area (Å²) in [4.78, 5) is 23.8. The van der Waals surface area contributed by atoms with Gasteiger partial charge in [0.05, 0.1) is 28.3 Å². The number of anilines is 1. The Hall–Kier alpha value is -3.24. The van der Waals surface area contributed by atoms with Crippen molar-refractivity contribution in [2.75, 3.05) is 23.8 Å². The van der Waals surface area contributed by atoms with Crippen molar-refractivity contribution in [2.45, 2.75) is 31.2 Å². The highest BCUT2D eigenvalue weighted by Gasteiger charge is 2.23. The van der Waals surface area contributed by atoms with Crippen LogP contribution in [-0.4, -0.2) is 47.8 Å². The summed E-state index contributed by atoms with van der Waals surface area (Å²) in [5, 5.41) is 0.537. The van der Waals surface area contributed by atoms with Crippen LogP contribution < -0.4 is 9.64 Å². The van der Waals surface area contributed by atoms with Gasteiger partial charge in [0.2, 0.25) is 5.91 Å². The summed E-state index contributed by atoms with van der Waals surface area (Å²) in [6.07, 6.45) is 5.84. The molecule has 0 saturated carbocycles. The first-order chi connectivity index (χ1) is 16.5. The van der Waals surface area contributed by atoms with Gasteiger partial charge in [-0.25, -0.2) is 18.4 Å². The molecule has 0 aliphatic rings. The van der Waals surface area contributed by atoms with Gasteiger partial charge in [-0.15, -0.1) is 0 Å². The molecule has 0 N–H and O–H groups in total. The maximum atomic E-state index is 13.3. The van der Waals surface area contributed by atoms with E-state index in [1.807, 2.05) is 35.9 Å². The molecule has 2 aromatic heterocycles. The van der Waals surface area contributed by atoms with E-state index in [0.717, 1.165) is 4.70 Å².